The van der Waals surface area contributed by atoms with Gasteiger partial charge in [-0.05, 0) is 33.5 Å². The van der Waals surface area contributed by atoms with Crippen molar-refractivity contribution < 1.29 is 14.7 Å². The fraction of sp³-hybridized carbons (Fsp3) is 0.875. The van der Waals surface area contributed by atoms with Gasteiger partial charge in [-0.15, -0.1) is 0 Å². The fourth-order valence-electron chi connectivity index (χ4n) is 1.60. The van der Waals surface area contributed by atoms with Gasteiger partial charge in [0.25, 0.3) is 0 Å². The minimum absolute atomic E-state index is 0.218. The lowest BCUT2D eigenvalue weighted by atomic mass is 10.1. The van der Waals surface area contributed by atoms with E-state index in [1.54, 1.807) is 6.92 Å². The molecule has 0 aromatic carbocycles. The number of nitrogens with zero attached hydrogens (tertiary/aromatic N) is 1. The number of amides is 1. The van der Waals surface area contributed by atoms with Crippen molar-refractivity contribution in [3.63, 3.8) is 0 Å². The third kappa shape index (κ3) is 24.3. The highest BCUT2D eigenvalue weighted by molar-refractivity contribution is 5.75. The topological polar surface area (TPSA) is 69.6 Å². The van der Waals surface area contributed by atoms with E-state index in [1.165, 1.54) is 25.7 Å². The largest absolute Gasteiger partial charge is 0.481 e. The number of carbonyl (C=O) groups is 2. The molecule has 0 radical (unpaired) electrons. The van der Waals surface area contributed by atoms with E-state index < -0.39 is 5.97 Å². The van der Waals surface area contributed by atoms with E-state index in [1.807, 2.05) is 0 Å². The summed E-state index contributed by atoms with van der Waals surface area (Å²) in [5.41, 5.74) is 0. The quantitative estimate of drug-likeness (QED) is 0.576. The van der Waals surface area contributed by atoms with Crippen LogP contribution in [0.3, 0.4) is 0 Å². The lowest BCUT2D eigenvalue weighted by molar-refractivity contribution is -0.136. The Morgan fingerprint density at radius 2 is 1.57 bits per heavy atom. The lowest BCUT2D eigenvalue weighted by Gasteiger charge is -2.09. The Balaban J connectivity index is 0. The van der Waals surface area contributed by atoms with Gasteiger partial charge in [-0.3, -0.25) is 9.59 Å². The average Bonchev–Trinajstić information content (AvgIpc) is 2.44. The van der Waals surface area contributed by atoms with Gasteiger partial charge in [0, 0.05) is 19.4 Å². The summed E-state index contributed by atoms with van der Waals surface area (Å²) in [5, 5.41) is 10.7. The first-order chi connectivity index (χ1) is 9.93. The summed E-state index contributed by atoms with van der Waals surface area (Å²) in [6.07, 6.45) is 8.02. The van der Waals surface area contributed by atoms with Crippen LogP contribution in [0.1, 0.15) is 65.2 Å². The number of carboxylic acid groups (broad SMARTS) is 1. The smallest absolute Gasteiger partial charge is 0.303 e. The minimum Gasteiger partial charge on any atom is -0.481 e. The molecule has 5 heteroatoms. The molecule has 0 saturated carbocycles. The van der Waals surface area contributed by atoms with Crippen molar-refractivity contribution >= 4 is 11.9 Å². The zero-order chi connectivity index (χ0) is 16.5. The van der Waals surface area contributed by atoms with Crippen LogP contribution in [0.5, 0.6) is 0 Å². The summed E-state index contributed by atoms with van der Waals surface area (Å²) in [5.74, 6) is -0.528. The second kappa shape index (κ2) is 17.0. The van der Waals surface area contributed by atoms with Crippen molar-refractivity contribution in [1.82, 2.24) is 10.2 Å². The number of hydrogen-bond acceptors (Lipinski definition) is 3. The van der Waals surface area contributed by atoms with E-state index in [4.69, 9.17) is 5.11 Å². The lowest BCUT2D eigenvalue weighted by Crippen LogP contribution is -2.26. The SMILES string of the molecule is CCC(=O)O.CCCCCCCC(=O)NCCCN(C)C. The molecule has 0 unspecified atom stereocenters. The highest BCUT2D eigenvalue weighted by atomic mass is 16.4. The highest BCUT2D eigenvalue weighted by Crippen LogP contribution is 2.04. The summed E-state index contributed by atoms with van der Waals surface area (Å²) in [6, 6.07) is 0. The van der Waals surface area contributed by atoms with E-state index in [9.17, 15) is 9.59 Å². The van der Waals surface area contributed by atoms with Crippen molar-refractivity contribution in [3.8, 4) is 0 Å². The van der Waals surface area contributed by atoms with Gasteiger partial charge in [0.05, 0.1) is 0 Å². The van der Waals surface area contributed by atoms with Gasteiger partial charge in [0.1, 0.15) is 0 Å². The monoisotopic (exact) mass is 302 g/mol. The van der Waals surface area contributed by atoms with E-state index in [0.29, 0.717) is 6.42 Å². The van der Waals surface area contributed by atoms with Crippen molar-refractivity contribution in [2.75, 3.05) is 27.2 Å². The molecule has 0 rings (SSSR count). The first kappa shape index (κ1) is 22.2. The predicted molar refractivity (Wildman–Crippen MR) is 87.5 cm³/mol. The second-order valence-corrected chi connectivity index (χ2v) is 5.42. The Bertz CT molecular complexity index is 256. The van der Waals surface area contributed by atoms with Crippen LogP contribution < -0.4 is 5.32 Å². The molecule has 0 aliphatic rings. The van der Waals surface area contributed by atoms with Crippen molar-refractivity contribution in [1.29, 1.82) is 0 Å². The first-order valence-electron chi connectivity index (χ1n) is 8.07. The summed E-state index contributed by atoms with van der Waals surface area (Å²) in [6.45, 7) is 5.66. The number of carbonyl (C=O) groups excluding carboxylic acids is 1. The molecule has 0 aliphatic carbocycles. The highest BCUT2D eigenvalue weighted by Gasteiger charge is 2.00. The molecule has 0 aliphatic heterocycles. The average molecular weight is 302 g/mol. The molecule has 126 valence electrons. The summed E-state index contributed by atoms with van der Waals surface area (Å²) in [4.78, 5) is 22.9. The summed E-state index contributed by atoms with van der Waals surface area (Å²) < 4.78 is 0. The van der Waals surface area contributed by atoms with Crippen molar-refractivity contribution in [2.24, 2.45) is 0 Å². The fourth-order valence-corrected chi connectivity index (χ4v) is 1.60. The van der Waals surface area contributed by atoms with Crippen molar-refractivity contribution in [2.45, 2.75) is 65.2 Å². The van der Waals surface area contributed by atoms with Crippen LogP contribution in [-0.2, 0) is 9.59 Å². The number of carboxylic acids is 1. The molecule has 0 bridgehead atoms. The zero-order valence-electron chi connectivity index (χ0n) is 14.3. The molecule has 0 heterocycles. The molecule has 0 aromatic rings. The molecular formula is C16H34N2O3. The second-order valence-electron chi connectivity index (χ2n) is 5.42. The molecule has 0 aromatic heterocycles. The number of rotatable bonds is 11. The molecule has 2 N–H and O–H groups in total. The molecule has 21 heavy (non-hydrogen) atoms. The molecular weight excluding hydrogens is 268 g/mol. The zero-order valence-corrected chi connectivity index (χ0v) is 14.3. The summed E-state index contributed by atoms with van der Waals surface area (Å²) >= 11 is 0. The van der Waals surface area contributed by atoms with Crippen LogP contribution in [0.4, 0.5) is 0 Å². The van der Waals surface area contributed by atoms with Crippen LogP contribution in [0.2, 0.25) is 0 Å². The standard InChI is InChI=1S/C13H28N2O.C3H6O2/c1-4-5-6-7-8-10-13(16)14-11-9-12-15(2)3;1-2-3(4)5/h4-12H2,1-3H3,(H,14,16);2H2,1H3,(H,4,5). The first-order valence-corrected chi connectivity index (χ1v) is 8.07. The van der Waals surface area contributed by atoms with Gasteiger partial charge in [-0.25, -0.2) is 0 Å². The van der Waals surface area contributed by atoms with Gasteiger partial charge in [-0.1, -0.05) is 39.5 Å². The number of unbranched alkanes of at least 4 members (excludes halogenated alkanes) is 4. The Labute approximate surface area is 130 Å². The van der Waals surface area contributed by atoms with Crippen molar-refractivity contribution in [3.05, 3.63) is 0 Å². The Hall–Kier alpha value is -1.10. The van der Waals surface area contributed by atoms with Gasteiger partial charge in [0.2, 0.25) is 5.91 Å². The Kier molecular flexibility index (Phi) is 17.9. The number of nitrogens with one attached hydrogen (secondary N) is 1. The molecule has 1 amide bonds. The third-order valence-electron chi connectivity index (χ3n) is 2.91. The summed E-state index contributed by atoms with van der Waals surface area (Å²) in [7, 11) is 4.10. The van der Waals surface area contributed by atoms with Crippen LogP contribution in [0.15, 0.2) is 0 Å². The van der Waals surface area contributed by atoms with Gasteiger partial charge in [0.15, 0.2) is 0 Å². The molecule has 5 nitrogen and oxygen atoms in total. The number of aliphatic carboxylic acids is 1. The maximum Gasteiger partial charge on any atom is 0.303 e. The van der Waals surface area contributed by atoms with E-state index in [2.05, 4.69) is 31.2 Å². The number of hydrogen-bond donors (Lipinski definition) is 2. The maximum absolute atomic E-state index is 11.4. The van der Waals surface area contributed by atoms with Gasteiger partial charge in [-0.2, -0.15) is 0 Å². The molecule has 0 saturated heterocycles. The molecule has 0 fully saturated rings. The maximum atomic E-state index is 11.4. The Morgan fingerprint density at radius 1 is 1.00 bits per heavy atom. The minimum atomic E-state index is -0.745. The van der Waals surface area contributed by atoms with Gasteiger partial charge < -0.3 is 15.3 Å². The van der Waals surface area contributed by atoms with Gasteiger partial charge >= 0.3 is 5.97 Å². The predicted octanol–water partition coefficient (Wildman–Crippen LogP) is 2.90. The van der Waals surface area contributed by atoms with Crippen LogP contribution in [-0.4, -0.2) is 49.1 Å². The van der Waals surface area contributed by atoms with Crippen LogP contribution >= 0.6 is 0 Å². The van der Waals surface area contributed by atoms with Crippen LogP contribution in [0, 0.1) is 0 Å². The third-order valence-corrected chi connectivity index (χ3v) is 2.91. The molecule has 0 atom stereocenters. The Morgan fingerprint density at radius 3 is 2.05 bits per heavy atom. The van der Waals surface area contributed by atoms with Crippen LogP contribution in [0.25, 0.3) is 0 Å². The molecule has 0 spiro atoms. The van der Waals surface area contributed by atoms with E-state index in [0.717, 1.165) is 25.9 Å². The van der Waals surface area contributed by atoms with E-state index in [-0.39, 0.29) is 12.3 Å². The normalized spacial score (nSPS) is 9.95. The van der Waals surface area contributed by atoms with E-state index >= 15 is 0 Å².